The summed E-state index contributed by atoms with van der Waals surface area (Å²) in [6.45, 7) is 1.25. The number of hydrogen-bond acceptors (Lipinski definition) is 5. The van der Waals surface area contributed by atoms with E-state index in [1.165, 1.54) is 11.8 Å². The molecule has 5 nitrogen and oxygen atoms in total. The summed E-state index contributed by atoms with van der Waals surface area (Å²) in [5.74, 6) is 0.450. The Hall–Kier alpha value is -2.00. The summed E-state index contributed by atoms with van der Waals surface area (Å²) in [6.07, 6.45) is 0.199. The molecule has 2 rings (SSSR count). The van der Waals surface area contributed by atoms with Crippen LogP contribution in [-0.2, 0) is 16.1 Å². The number of esters is 1. The van der Waals surface area contributed by atoms with Crippen LogP contribution in [0, 0.1) is 11.3 Å². The monoisotopic (exact) mass is 290 g/mol. The molecule has 1 amide bonds. The lowest BCUT2D eigenvalue weighted by Crippen LogP contribution is -2.26. The summed E-state index contributed by atoms with van der Waals surface area (Å²) < 4.78 is 5.13. The molecule has 0 radical (unpaired) electrons. The number of thioether (sulfide) groups is 1. The van der Waals surface area contributed by atoms with E-state index in [-0.39, 0.29) is 24.2 Å². The molecule has 1 aromatic carbocycles. The minimum atomic E-state index is -0.336. The number of nitriles is 1. The Bertz CT molecular complexity index is 554. The van der Waals surface area contributed by atoms with E-state index in [1.54, 1.807) is 29.2 Å². The normalized spacial score (nSPS) is 14.2. The topological polar surface area (TPSA) is 70.4 Å². The lowest BCUT2D eigenvalue weighted by atomic mass is 10.1. The number of rotatable bonds is 5. The molecule has 1 fully saturated rings. The van der Waals surface area contributed by atoms with Crippen molar-refractivity contribution in [2.75, 3.05) is 18.8 Å². The van der Waals surface area contributed by atoms with Crippen molar-refractivity contribution in [3.63, 3.8) is 0 Å². The van der Waals surface area contributed by atoms with Crippen molar-refractivity contribution >= 4 is 23.0 Å². The first-order chi connectivity index (χ1) is 9.69. The van der Waals surface area contributed by atoms with Crippen molar-refractivity contribution in [2.45, 2.75) is 13.0 Å². The summed E-state index contributed by atoms with van der Waals surface area (Å²) in [6, 6.07) is 8.97. The highest BCUT2D eigenvalue weighted by Gasteiger charge is 2.21. The number of carbonyl (C=O) groups is 2. The van der Waals surface area contributed by atoms with Gasteiger partial charge in [-0.1, -0.05) is 23.9 Å². The number of benzene rings is 1. The zero-order valence-electron chi connectivity index (χ0n) is 10.9. The highest BCUT2D eigenvalue weighted by atomic mass is 32.2. The average Bonchev–Trinajstić information content (AvgIpc) is 2.88. The molecule has 0 spiro atoms. The first-order valence-corrected chi connectivity index (χ1v) is 7.24. The van der Waals surface area contributed by atoms with Gasteiger partial charge in [-0.15, -0.1) is 0 Å². The first kappa shape index (κ1) is 14.4. The molecule has 0 N–H and O–H groups in total. The molecule has 0 saturated carbocycles. The lowest BCUT2D eigenvalue weighted by Gasteiger charge is -2.13. The molecule has 1 heterocycles. The first-order valence-electron chi connectivity index (χ1n) is 6.25. The highest BCUT2D eigenvalue weighted by Crippen LogP contribution is 2.17. The molecule has 0 aromatic heterocycles. The van der Waals surface area contributed by atoms with E-state index in [4.69, 9.17) is 10.00 Å². The van der Waals surface area contributed by atoms with Crippen molar-refractivity contribution in [1.29, 1.82) is 5.26 Å². The van der Waals surface area contributed by atoms with E-state index in [9.17, 15) is 9.59 Å². The summed E-state index contributed by atoms with van der Waals surface area (Å²) in [4.78, 5) is 24.6. The number of carbonyl (C=O) groups excluding carboxylic acids is 2. The van der Waals surface area contributed by atoms with Crippen LogP contribution in [-0.4, -0.2) is 35.0 Å². The van der Waals surface area contributed by atoms with E-state index < -0.39 is 0 Å². The van der Waals surface area contributed by atoms with Crippen LogP contribution in [0.15, 0.2) is 24.3 Å². The number of ether oxygens (including phenoxy) is 1. The molecule has 20 heavy (non-hydrogen) atoms. The zero-order valence-corrected chi connectivity index (χ0v) is 11.7. The van der Waals surface area contributed by atoms with Gasteiger partial charge in [0, 0.05) is 18.8 Å². The molecule has 0 bridgehead atoms. The van der Waals surface area contributed by atoms with Gasteiger partial charge in [-0.25, -0.2) is 0 Å². The summed E-state index contributed by atoms with van der Waals surface area (Å²) in [5, 5.41) is 8.80. The molecule has 0 atom stereocenters. The SMILES string of the molecule is N#Cc1cccc(COC(=O)CCN2CCSC2=O)c1. The molecular formula is C14H14N2O3S. The Morgan fingerprint density at radius 3 is 3.05 bits per heavy atom. The van der Waals surface area contributed by atoms with E-state index in [0.29, 0.717) is 18.7 Å². The summed E-state index contributed by atoms with van der Waals surface area (Å²) in [7, 11) is 0. The van der Waals surface area contributed by atoms with Crippen molar-refractivity contribution in [1.82, 2.24) is 4.90 Å². The Morgan fingerprint density at radius 1 is 1.50 bits per heavy atom. The largest absolute Gasteiger partial charge is 0.461 e. The van der Waals surface area contributed by atoms with Gasteiger partial charge < -0.3 is 9.64 Å². The smallest absolute Gasteiger partial charge is 0.307 e. The van der Waals surface area contributed by atoms with Crippen LogP contribution in [0.2, 0.25) is 0 Å². The van der Waals surface area contributed by atoms with Crippen LogP contribution < -0.4 is 0 Å². The predicted molar refractivity (Wildman–Crippen MR) is 75.0 cm³/mol. The van der Waals surface area contributed by atoms with Crippen LogP contribution in [0.4, 0.5) is 4.79 Å². The van der Waals surface area contributed by atoms with E-state index in [1.807, 2.05) is 6.07 Å². The Balaban J connectivity index is 1.74. The fourth-order valence-corrected chi connectivity index (χ4v) is 2.67. The second-order valence-corrected chi connectivity index (χ2v) is 5.37. The minimum absolute atomic E-state index is 0.0273. The summed E-state index contributed by atoms with van der Waals surface area (Å²) in [5.41, 5.74) is 1.32. The number of amides is 1. The van der Waals surface area contributed by atoms with Crippen molar-refractivity contribution in [2.24, 2.45) is 0 Å². The maximum absolute atomic E-state index is 11.6. The van der Waals surface area contributed by atoms with Crippen LogP contribution in [0.3, 0.4) is 0 Å². The van der Waals surface area contributed by atoms with Gasteiger partial charge >= 0.3 is 5.97 Å². The molecule has 0 aliphatic carbocycles. The second kappa shape index (κ2) is 6.96. The van der Waals surface area contributed by atoms with Gasteiger partial charge in [-0.05, 0) is 17.7 Å². The van der Waals surface area contributed by atoms with Gasteiger partial charge in [0.05, 0.1) is 18.1 Å². The molecule has 0 unspecified atom stereocenters. The van der Waals surface area contributed by atoms with Gasteiger partial charge in [0.1, 0.15) is 6.61 Å². The van der Waals surface area contributed by atoms with Crippen molar-refractivity contribution < 1.29 is 14.3 Å². The minimum Gasteiger partial charge on any atom is -0.461 e. The third kappa shape index (κ3) is 4.00. The Kier molecular flexibility index (Phi) is 5.02. The molecular weight excluding hydrogens is 276 g/mol. The fourth-order valence-electron chi connectivity index (χ4n) is 1.82. The van der Waals surface area contributed by atoms with Gasteiger partial charge in [0.2, 0.25) is 0 Å². The summed E-state index contributed by atoms with van der Waals surface area (Å²) >= 11 is 1.28. The van der Waals surface area contributed by atoms with Crippen LogP contribution in [0.1, 0.15) is 17.5 Å². The van der Waals surface area contributed by atoms with E-state index in [2.05, 4.69) is 0 Å². The molecule has 1 aromatic rings. The zero-order chi connectivity index (χ0) is 14.4. The van der Waals surface area contributed by atoms with Gasteiger partial charge in [0.25, 0.3) is 5.24 Å². The molecule has 104 valence electrons. The van der Waals surface area contributed by atoms with E-state index >= 15 is 0 Å². The predicted octanol–water partition coefficient (Wildman–Crippen LogP) is 2.16. The standard InChI is InChI=1S/C14H14N2O3S/c15-9-11-2-1-3-12(8-11)10-19-13(17)4-5-16-6-7-20-14(16)18/h1-3,8H,4-7,10H2. The Morgan fingerprint density at radius 2 is 2.35 bits per heavy atom. The van der Waals surface area contributed by atoms with Crippen molar-refractivity contribution in [3.8, 4) is 6.07 Å². The quantitative estimate of drug-likeness (QED) is 0.777. The van der Waals surface area contributed by atoms with E-state index in [0.717, 1.165) is 11.3 Å². The molecule has 1 aliphatic rings. The molecule has 6 heteroatoms. The second-order valence-electron chi connectivity index (χ2n) is 4.32. The molecule has 1 aliphatic heterocycles. The lowest BCUT2D eigenvalue weighted by molar-refractivity contribution is -0.145. The van der Waals surface area contributed by atoms with Crippen LogP contribution in [0.25, 0.3) is 0 Å². The van der Waals surface area contributed by atoms with Crippen molar-refractivity contribution in [3.05, 3.63) is 35.4 Å². The highest BCUT2D eigenvalue weighted by molar-refractivity contribution is 8.13. The van der Waals surface area contributed by atoms with Gasteiger partial charge in [-0.3, -0.25) is 9.59 Å². The average molecular weight is 290 g/mol. The van der Waals surface area contributed by atoms with Crippen LogP contribution in [0.5, 0.6) is 0 Å². The van der Waals surface area contributed by atoms with Crippen LogP contribution >= 0.6 is 11.8 Å². The molecule has 1 saturated heterocycles. The maximum atomic E-state index is 11.6. The van der Waals surface area contributed by atoms with Gasteiger partial charge in [0.15, 0.2) is 0 Å². The maximum Gasteiger partial charge on any atom is 0.307 e. The number of nitrogens with zero attached hydrogens (tertiary/aromatic N) is 2. The number of hydrogen-bond donors (Lipinski definition) is 0. The third-order valence-electron chi connectivity index (χ3n) is 2.89. The van der Waals surface area contributed by atoms with Gasteiger partial charge in [-0.2, -0.15) is 5.26 Å². The Labute approximate surface area is 121 Å². The third-order valence-corrected chi connectivity index (χ3v) is 3.78. The fraction of sp³-hybridized carbons (Fsp3) is 0.357.